The van der Waals surface area contributed by atoms with Gasteiger partial charge in [0.2, 0.25) is 0 Å². The number of halogens is 2. The number of carbonyl (C=O) groups is 1. The van der Waals surface area contributed by atoms with Crippen LogP contribution in [-0.2, 0) is 0 Å². The highest BCUT2D eigenvalue weighted by atomic mass is 35.5. The molecule has 0 aliphatic rings. The van der Waals surface area contributed by atoms with Crippen molar-refractivity contribution in [1.29, 1.82) is 0 Å². The summed E-state index contributed by atoms with van der Waals surface area (Å²) in [7, 11) is 0. The van der Waals surface area contributed by atoms with Gasteiger partial charge in [0, 0.05) is 12.1 Å². The minimum Gasteiger partial charge on any atom is -0.337 e. The zero-order valence-electron chi connectivity index (χ0n) is 8.63. The van der Waals surface area contributed by atoms with E-state index in [0.29, 0.717) is 12.1 Å². The Kier molecular flexibility index (Phi) is 4.72. The van der Waals surface area contributed by atoms with Gasteiger partial charge < -0.3 is 5.32 Å². The summed E-state index contributed by atoms with van der Waals surface area (Å²) in [6.07, 6.45) is 1.34. The topological polar surface area (TPSA) is 53.5 Å². The Bertz CT molecular complexity index is 409. The Labute approximate surface area is 97.5 Å². The number of nitrogens with one attached hydrogen (secondary N) is 2. The van der Waals surface area contributed by atoms with E-state index in [0.717, 1.165) is 0 Å². The Morgan fingerprint density at radius 3 is 3.00 bits per heavy atom. The number of hydrogen-bond donors (Lipinski definition) is 2. The Morgan fingerprint density at radius 2 is 2.38 bits per heavy atom. The van der Waals surface area contributed by atoms with E-state index in [9.17, 15) is 9.18 Å². The Morgan fingerprint density at radius 1 is 1.62 bits per heavy atom. The lowest BCUT2D eigenvalue weighted by Crippen LogP contribution is -2.31. The second-order valence-corrected chi connectivity index (χ2v) is 3.30. The predicted molar refractivity (Wildman–Crippen MR) is 61.2 cm³/mol. The predicted octanol–water partition coefficient (Wildman–Crippen LogP) is 2.13. The number of amides is 2. The summed E-state index contributed by atoms with van der Waals surface area (Å²) in [5.41, 5.74) is 2.77. The first-order valence-corrected chi connectivity index (χ1v) is 5.03. The molecule has 0 radical (unpaired) electrons. The van der Waals surface area contributed by atoms with Crippen molar-refractivity contribution in [3.63, 3.8) is 0 Å². The van der Waals surface area contributed by atoms with Gasteiger partial charge in [0.05, 0.1) is 11.2 Å². The van der Waals surface area contributed by atoms with E-state index in [2.05, 4.69) is 15.8 Å². The monoisotopic (exact) mass is 243 g/mol. The van der Waals surface area contributed by atoms with Crippen molar-refractivity contribution in [2.45, 2.75) is 6.92 Å². The molecule has 0 unspecified atom stereocenters. The maximum atomic E-state index is 12.7. The fourth-order valence-electron chi connectivity index (χ4n) is 0.967. The standard InChI is InChI=1S/C10H11ClFN3O/c1-2-13-10(16)15-14-6-7-3-4-8(12)5-9(7)11/h3-6H,2H2,1H3,(H2,13,15,16)/b14-6+. The second kappa shape index (κ2) is 6.07. The van der Waals surface area contributed by atoms with Crippen LogP contribution in [0.15, 0.2) is 23.3 Å². The fraction of sp³-hybridized carbons (Fsp3) is 0.200. The molecule has 0 saturated carbocycles. The maximum absolute atomic E-state index is 12.7. The van der Waals surface area contributed by atoms with E-state index >= 15 is 0 Å². The zero-order chi connectivity index (χ0) is 12.0. The van der Waals surface area contributed by atoms with Crippen LogP contribution in [0.2, 0.25) is 5.02 Å². The highest BCUT2D eigenvalue weighted by molar-refractivity contribution is 6.33. The number of carbonyl (C=O) groups excluding carboxylic acids is 1. The summed E-state index contributed by atoms with van der Waals surface area (Å²) in [5, 5.41) is 6.39. The van der Waals surface area contributed by atoms with Gasteiger partial charge >= 0.3 is 6.03 Å². The van der Waals surface area contributed by atoms with Crippen LogP contribution >= 0.6 is 11.6 Å². The third-order valence-corrected chi connectivity index (χ3v) is 2.00. The van der Waals surface area contributed by atoms with Crippen LogP contribution in [0.25, 0.3) is 0 Å². The molecule has 0 bridgehead atoms. The van der Waals surface area contributed by atoms with Crippen molar-refractivity contribution >= 4 is 23.8 Å². The summed E-state index contributed by atoms with van der Waals surface area (Å²) in [6.45, 7) is 2.30. The van der Waals surface area contributed by atoms with Crippen LogP contribution in [-0.4, -0.2) is 18.8 Å². The van der Waals surface area contributed by atoms with Gasteiger partial charge in [-0.1, -0.05) is 11.6 Å². The summed E-state index contributed by atoms with van der Waals surface area (Å²) >= 11 is 5.75. The molecule has 86 valence electrons. The molecule has 16 heavy (non-hydrogen) atoms. The van der Waals surface area contributed by atoms with Crippen molar-refractivity contribution in [2.24, 2.45) is 5.10 Å². The van der Waals surface area contributed by atoms with Crippen molar-refractivity contribution in [3.05, 3.63) is 34.6 Å². The van der Waals surface area contributed by atoms with Crippen LogP contribution in [0.1, 0.15) is 12.5 Å². The van der Waals surface area contributed by atoms with E-state index < -0.39 is 11.8 Å². The number of benzene rings is 1. The lowest BCUT2D eigenvalue weighted by Gasteiger charge is -2.00. The van der Waals surface area contributed by atoms with Gasteiger partial charge in [-0.2, -0.15) is 5.10 Å². The largest absolute Gasteiger partial charge is 0.337 e. The molecule has 0 spiro atoms. The molecule has 1 aromatic carbocycles. The first-order chi connectivity index (χ1) is 7.63. The van der Waals surface area contributed by atoms with E-state index in [1.54, 1.807) is 6.92 Å². The molecule has 0 aliphatic heterocycles. The molecule has 0 saturated heterocycles. The quantitative estimate of drug-likeness (QED) is 0.620. The first kappa shape index (κ1) is 12.4. The zero-order valence-corrected chi connectivity index (χ0v) is 9.38. The van der Waals surface area contributed by atoms with Gasteiger partial charge in [0.25, 0.3) is 0 Å². The molecule has 0 aromatic heterocycles. The summed E-state index contributed by atoms with van der Waals surface area (Å²) in [6, 6.07) is 3.51. The summed E-state index contributed by atoms with van der Waals surface area (Å²) < 4.78 is 12.7. The van der Waals surface area contributed by atoms with Gasteiger partial charge in [-0.15, -0.1) is 0 Å². The van der Waals surface area contributed by atoms with Crippen LogP contribution in [0.3, 0.4) is 0 Å². The van der Waals surface area contributed by atoms with E-state index in [-0.39, 0.29) is 5.02 Å². The van der Waals surface area contributed by atoms with Gasteiger partial charge in [0.1, 0.15) is 5.82 Å². The average molecular weight is 244 g/mol. The number of hydrogen-bond acceptors (Lipinski definition) is 2. The third-order valence-electron chi connectivity index (χ3n) is 1.67. The van der Waals surface area contributed by atoms with Gasteiger partial charge in [-0.05, 0) is 25.1 Å². The molecule has 0 heterocycles. The van der Waals surface area contributed by atoms with Gasteiger partial charge in [-0.25, -0.2) is 14.6 Å². The van der Waals surface area contributed by atoms with Gasteiger partial charge in [0.15, 0.2) is 0 Å². The summed E-state index contributed by atoms with van der Waals surface area (Å²) in [5.74, 6) is -0.418. The molecule has 1 aromatic rings. The molecule has 0 aliphatic carbocycles. The van der Waals surface area contributed by atoms with Crippen LogP contribution in [0.4, 0.5) is 9.18 Å². The van der Waals surface area contributed by atoms with Crippen molar-refractivity contribution < 1.29 is 9.18 Å². The number of nitrogens with zero attached hydrogens (tertiary/aromatic N) is 1. The SMILES string of the molecule is CCNC(=O)N/N=C/c1ccc(F)cc1Cl. The number of rotatable bonds is 3. The molecule has 6 heteroatoms. The number of urea groups is 1. The van der Waals surface area contributed by atoms with Crippen LogP contribution in [0, 0.1) is 5.82 Å². The van der Waals surface area contributed by atoms with Crippen molar-refractivity contribution in [1.82, 2.24) is 10.7 Å². The molecule has 4 nitrogen and oxygen atoms in total. The van der Waals surface area contributed by atoms with E-state index in [4.69, 9.17) is 11.6 Å². The smallest absolute Gasteiger partial charge is 0.335 e. The highest BCUT2D eigenvalue weighted by Crippen LogP contribution is 2.14. The average Bonchev–Trinajstić information content (AvgIpc) is 2.22. The molecule has 1 rings (SSSR count). The molecule has 2 amide bonds. The van der Waals surface area contributed by atoms with Crippen LogP contribution < -0.4 is 10.7 Å². The van der Waals surface area contributed by atoms with E-state index in [1.165, 1.54) is 24.4 Å². The molecular formula is C10H11ClFN3O. The number of hydrazone groups is 1. The summed E-state index contributed by atoms with van der Waals surface area (Å²) in [4.78, 5) is 10.9. The fourth-order valence-corrected chi connectivity index (χ4v) is 1.18. The normalized spacial score (nSPS) is 10.4. The minimum atomic E-state index is -0.418. The van der Waals surface area contributed by atoms with Crippen molar-refractivity contribution in [3.8, 4) is 0 Å². The molecule has 0 atom stereocenters. The van der Waals surface area contributed by atoms with Crippen molar-refractivity contribution in [2.75, 3.05) is 6.54 Å². The minimum absolute atomic E-state index is 0.237. The molecular weight excluding hydrogens is 233 g/mol. The lowest BCUT2D eigenvalue weighted by atomic mass is 10.2. The highest BCUT2D eigenvalue weighted by Gasteiger charge is 1.99. The van der Waals surface area contributed by atoms with Gasteiger partial charge in [-0.3, -0.25) is 0 Å². The molecule has 2 N–H and O–H groups in total. The van der Waals surface area contributed by atoms with Crippen LogP contribution in [0.5, 0.6) is 0 Å². The lowest BCUT2D eigenvalue weighted by molar-refractivity contribution is 0.242. The molecule has 0 fully saturated rings. The second-order valence-electron chi connectivity index (χ2n) is 2.90. The maximum Gasteiger partial charge on any atom is 0.335 e. The Hall–Kier alpha value is -1.62. The first-order valence-electron chi connectivity index (χ1n) is 4.65. The van der Waals surface area contributed by atoms with E-state index in [1.807, 2.05) is 0 Å². The Balaban J connectivity index is 2.59. The third kappa shape index (κ3) is 3.86.